The Labute approximate surface area is 182 Å². The quantitative estimate of drug-likeness (QED) is 0.525. The number of aryl methyl sites for hydroxylation is 1. The van der Waals surface area contributed by atoms with Crippen LogP contribution in [0.3, 0.4) is 0 Å². The van der Waals surface area contributed by atoms with E-state index < -0.39 is 0 Å². The molecule has 0 saturated carbocycles. The van der Waals surface area contributed by atoms with E-state index in [0.717, 1.165) is 34.7 Å². The van der Waals surface area contributed by atoms with E-state index in [1.165, 1.54) is 5.56 Å². The standard InChI is InChI=1S/C25H26N2O2S/c1-2-19-11-8-12-21(17-19)26-25(28)27-15-16-30-24(27)22-13-6-7-14-23(22)29-18-20-9-4-3-5-10-20/h3-14,17,24H,2,15-16,18H2,1H3,(H,26,28)/t24-/m1/s1. The van der Waals surface area contributed by atoms with Crippen molar-refractivity contribution in [2.24, 2.45) is 0 Å². The number of para-hydroxylation sites is 1. The Bertz CT molecular complexity index is 993. The summed E-state index contributed by atoms with van der Waals surface area (Å²) in [6.45, 7) is 3.33. The number of ether oxygens (including phenoxy) is 1. The third-order valence-electron chi connectivity index (χ3n) is 5.16. The highest BCUT2D eigenvalue weighted by molar-refractivity contribution is 7.99. The van der Waals surface area contributed by atoms with Crippen molar-refractivity contribution in [3.05, 3.63) is 95.6 Å². The van der Waals surface area contributed by atoms with Crippen molar-refractivity contribution in [2.75, 3.05) is 17.6 Å². The molecule has 3 aromatic carbocycles. The fourth-order valence-corrected chi connectivity index (χ4v) is 4.83. The number of nitrogens with one attached hydrogen (secondary N) is 1. The molecule has 2 amide bonds. The minimum Gasteiger partial charge on any atom is -0.489 e. The zero-order valence-electron chi connectivity index (χ0n) is 17.1. The lowest BCUT2D eigenvalue weighted by Gasteiger charge is -2.26. The molecule has 5 heteroatoms. The minimum absolute atomic E-state index is 0.0636. The van der Waals surface area contributed by atoms with Gasteiger partial charge in [-0.3, -0.25) is 0 Å². The van der Waals surface area contributed by atoms with Gasteiger partial charge >= 0.3 is 6.03 Å². The highest BCUT2D eigenvalue weighted by atomic mass is 32.2. The molecule has 154 valence electrons. The molecule has 1 aliphatic heterocycles. The molecule has 0 bridgehead atoms. The molecule has 1 heterocycles. The zero-order chi connectivity index (χ0) is 20.8. The fraction of sp³-hybridized carbons (Fsp3) is 0.240. The van der Waals surface area contributed by atoms with E-state index in [9.17, 15) is 4.79 Å². The van der Waals surface area contributed by atoms with Crippen LogP contribution in [0.2, 0.25) is 0 Å². The number of hydrogen-bond acceptors (Lipinski definition) is 3. The van der Waals surface area contributed by atoms with Gasteiger partial charge in [0, 0.05) is 23.5 Å². The molecule has 1 N–H and O–H groups in total. The Balaban J connectivity index is 1.49. The number of amides is 2. The number of carbonyl (C=O) groups excluding carboxylic acids is 1. The van der Waals surface area contributed by atoms with Gasteiger partial charge in [0.05, 0.1) is 0 Å². The average Bonchev–Trinajstić information content (AvgIpc) is 3.29. The smallest absolute Gasteiger partial charge is 0.323 e. The fourth-order valence-electron chi connectivity index (χ4n) is 3.55. The molecule has 0 unspecified atom stereocenters. The van der Waals surface area contributed by atoms with E-state index in [1.54, 1.807) is 11.8 Å². The van der Waals surface area contributed by atoms with Crippen LogP contribution in [0.1, 0.15) is 29.0 Å². The van der Waals surface area contributed by atoms with Crippen LogP contribution < -0.4 is 10.1 Å². The summed E-state index contributed by atoms with van der Waals surface area (Å²) < 4.78 is 6.14. The molecule has 4 rings (SSSR count). The van der Waals surface area contributed by atoms with Crippen molar-refractivity contribution >= 4 is 23.5 Å². The molecule has 1 saturated heterocycles. The van der Waals surface area contributed by atoms with Gasteiger partial charge in [-0.25, -0.2) is 4.79 Å². The van der Waals surface area contributed by atoms with Crippen LogP contribution in [0.25, 0.3) is 0 Å². The molecule has 0 radical (unpaired) electrons. The van der Waals surface area contributed by atoms with Crippen LogP contribution in [0.4, 0.5) is 10.5 Å². The second-order valence-corrected chi connectivity index (χ2v) is 8.40. The van der Waals surface area contributed by atoms with Gasteiger partial charge in [-0.05, 0) is 35.7 Å². The number of anilines is 1. The van der Waals surface area contributed by atoms with Crippen molar-refractivity contribution in [1.29, 1.82) is 0 Å². The van der Waals surface area contributed by atoms with E-state index in [1.807, 2.05) is 59.5 Å². The summed E-state index contributed by atoms with van der Waals surface area (Å²) in [5, 5.41) is 3.00. The summed E-state index contributed by atoms with van der Waals surface area (Å²) in [6.07, 6.45) is 0.942. The number of carbonyl (C=O) groups is 1. The highest BCUT2D eigenvalue weighted by Crippen LogP contribution is 2.42. The first kappa shape index (κ1) is 20.4. The minimum atomic E-state index is -0.0730. The summed E-state index contributed by atoms with van der Waals surface area (Å²) in [7, 11) is 0. The van der Waals surface area contributed by atoms with Crippen molar-refractivity contribution in [1.82, 2.24) is 4.90 Å². The predicted octanol–water partition coefficient (Wildman–Crippen LogP) is 6.11. The second kappa shape index (κ2) is 9.72. The van der Waals surface area contributed by atoms with Crippen molar-refractivity contribution in [2.45, 2.75) is 25.3 Å². The Morgan fingerprint density at radius 3 is 2.63 bits per heavy atom. The van der Waals surface area contributed by atoms with Crippen LogP contribution in [0, 0.1) is 0 Å². The molecular weight excluding hydrogens is 392 g/mol. The Kier molecular flexibility index (Phi) is 6.60. The van der Waals surface area contributed by atoms with E-state index >= 15 is 0 Å². The first-order chi connectivity index (χ1) is 14.7. The van der Waals surface area contributed by atoms with Gasteiger partial charge < -0.3 is 15.0 Å². The van der Waals surface area contributed by atoms with Gasteiger partial charge in [0.15, 0.2) is 0 Å². The lowest BCUT2D eigenvalue weighted by molar-refractivity contribution is 0.213. The highest BCUT2D eigenvalue weighted by Gasteiger charge is 2.32. The van der Waals surface area contributed by atoms with Crippen molar-refractivity contribution in [3.8, 4) is 5.75 Å². The average molecular weight is 419 g/mol. The lowest BCUT2D eigenvalue weighted by Crippen LogP contribution is -2.34. The molecule has 0 aliphatic carbocycles. The summed E-state index contributed by atoms with van der Waals surface area (Å²) in [5.74, 6) is 1.73. The summed E-state index contributed by atoms with van der Waals surface area (Å²) >= 11 is 1.77. The largest absolute Gasteiger partial charge is 0.489 e. The van der Waals surface area contributed by atoms with Crippen LogP contribution in [0.15, 0.2) is 78.9 Å². The third kappa shape index (κ3) is 4.79. The monoisotopic (exact) mass is 418 g/mol. The topological polar surface area (TPSA) is 41.6 Å². The molecule has 1 fully saturated rings. The maximum absolute atomic E-state index is 13.0. The number of thioether (sulfide) groups is 1. The van der Waals surface area contributed by atoms with E-state index in [2.05, 4.69) is 36.5 Å². The molecule has 1 atom stereocenters. The Morgan fingerprint density at radius 2 is 1.80 bits per heavy atom. The number of nitrogens with zero attached hydrogens (tertiary/aromatic N) is 1. The zero-order valence-corrected chi connectivity index (χ0v) is 17.9. The summed E-state index contributed by atoms with van der Waals surface area (Å²) in [5.41, 5.74) is 4.20. The molecule has 30 heavy (non-hydrogen) atoms. The summed E-state index contributed by atoms with van der Waals surface area (Å²) in [4.78, 5) is 14.9. The maximum Gasteiger partial charge on any atom is 0.323 e. The molecule has 1 aliphatic rings. The number of rotatable bonds is 6. The molecule has 4 nitrogen and oxygen atoms in total. The maximum atomic E-state index is 13.0. The first-order valence-corrected chi connectivity index (χ1v) is 11.3. The number of urea groups is 1. The van der Waals surface area contributed by atoms with Crippen LogP contribution in [-0.2, 0) is 13.0 Å². The van der Waals surface area contributed by atoms with Gasteiger partial charge in [0.25, 0.3) is 0 Å². The first-order valence-electron chi connectivity index (χ1n) is 10.3. The normalized spacial score (nSPS) is 15.8. The van der Waals surface area contributed by atoms with Gasteiger partial charge in [-0.15, -0.1) is 11.8 Å². The molecule has 3 aromatic rings. The van der Waals surface area contributed by atoms with Gasteiger partial charge in [0.1, 0.15) is 17.7 Å². The van der Waals surface area contributed by atoms with Crippen LogP contribution in [0.5, 0.6) is 5.75 Å². The van der Waals surface area contributed by atoms with Gasteiger partial charge in [-0.1, -0.05) is 67.6 Å². The van der Waals surface area contributed by atoms with E-state index in [0.29, 0.717) is 13.2 Å². The molecule has 0 spiro atoms. The SMILES string of the molecule is CCc1cccc(NC(=O)N2CCS[C@@H]2c2ccccc2OCc2ccccc2)c1. The number of hydrogen-bond donors (Lipinski definition) is 1. The van der Waals surface area contributed by atoms with E-state index in [-0.39, 0.29) is 11.4 Å². The van der Waals surface area contributed by atoms with Crippen molar-refractivity contribution in [3.63, 3.8) is 0 Å². The van der Waals surface area contributed by atoms with Gasteiger partial charge in [-0.2, -0.15) is 0 Å². The molecule has 0 aromatic heterocycles. The Hall–Kier alpha value is -2.92. The Morgan fingerprint density at radius 1 is 1.03 bits per heavy atom. The predicted molar refractivity (Wildman–Crippen MR) is 124 cm³/mol. The molecular formula is C25H26N2O2S. The van der Waals surface area contributed by atoms with Crippen LogP contribution >= 0.6 is 11.8 Å². The number of benzene rings is 3. The van der Waals surface area contributed by atoms with Crippen molar-refractivity contribution < 1.29 is 9.53 Å². The summed E-state index contributed by atoms with van der Waals surface area (Å²) in [6, 6.07) is 26.1. The third-order valence-corrected chi connectivity index (χ3v) is 6.40. The van der Waals surface area contributed by atoms with E-state index in [4.69, 9.17) is 4.74 Å². The second-order valence-electron chi connectivity index (χ2n) is 7.21. The van der Waals surface area contributed by atoms with Crippen LogP contribution in [-0.4, -0.2) is 23.2 Å². The van der Waals surface area contributed by atoms with Gasteiger partial charge in [0.2, 0.25) is 0 Å². The lowest BCUT2D eigenvalue weighted by atomic mass is 10.1.